The maximum Gasteiger partial charge on any atom is 0.337 e. The first kappa shape index (κ1) is 23.1. The lowest BCUT2D eigenvalue weighted by Gasteiger charge is -2.23. The van der Waals surface area contributed by atoms with Crippen molar-refractivity contribution in [2.45, 2.75) is 20.5 Å². The molecule has 0 bridgehead atoms. The molecule has 1 N–H and O–H groups in total. The molecule has 0 saturated heterocycles. The summed E-state index contributed by atoms with van der Waals surface area (Å²) in [4.78, 5) is 28.1. The standard InChI is InChI=1S/C29H27NO4/c1-3-30(4-2)22-15-17-24(26(18-22)34-19-20-10-6-5-7-11-20)28(31)25-16-14-21-12-8-9-13-23(21)27(25)29(32)33/h5-18H,3-4,19H2,1-2H3,(H,32,33). The third-order valence-corrected chi connectivity index (χ3v) is 5.96. The highest BCUT2D eigenvalue weighted by Gasteiger charge is 2.24. The fraction of sp³-hybridized carbons (Fsp3) is 0.172. The van der Waals surface area contributed by atoms with Crippen LogP contribution in [0.4, 0.5) is 5.69 Å². The minimum Gasteiger partial charge on any atom is -0.488 e. The molecule has 5 nitrogen and oxygen atoms in total. The monoisotopic (exact) mass is 453 g/mol. The molecule has 0 aliphatic rings. The summed E-state index contributed by atoms with van der Waals surface area (Å²) in [5, 5.41) is 11.3. The van der Waals surface area contributed by atoms with E-state index in [2.05, 4.69) is 18.7 Å². The van der Waals surface area contributed by atoms with E-state index in [1.807, 2.05) is 54.6 Å². The predicted octanol–water partition coefficient (Wildman–Crippen LogP) is 6.19. The van der Waals surface area contributed by atoms with Crippen molar-refractivity contribution in [1.82, 2.24) is 0 Å². The molecule has 0 fully saturated rings. The second-order valence-electron chi connectivity index (χ2n) is 7.97. The van der Waals surface area contributed by atoms with E-state index < -0.39 is 5.97 Å². The van der Waals surface area contributed by atoms with Crippen molar-refractivity contribution in [3.8, 4) is 5.75 Å². The van der Waals surface area contributed by atoms with Gasteiger partial charge in [0.15, 0.2) is 5.78 Å². The number of benzene rings is 4. The average Bonchev–Trinajstić information content (AvgIpc) is 2.87. The Morgan fingerprint density at radius 2 is 1.50 bits per heavy atom. The SMILES string of the molecule is CCN(CC)c1ccc(C(=O)c2ccc3ccccc3c2C(=O)O)c(OCc2ccccc2)c1. The van der Waals surface area contributed by atoms with Crippen LogP contribution in [0, 0.1) is 0 Å². The van der Waals surface area contributed by atoms with Crippen LogP contribution >= 0.6 is 0 Å². The largest absolute Gasteiger partial charge is 0.488 e. The molecule has 0 amide bonds. The Bertz CT molecular complexity index is 1330. The van der Waals surface area contributed by atoms with Crippen LogP contribution in [-0.4, -0.2) is 29.9 Å². The number of anilines is 1. The van der Waals surface area contributed by atoms with E-state index in [0.29, 0.717) is 23.3 Å². The maximum atomic E-state index is 13.7. The average molecular weight is 454 g/mol. The minimum absolute atomic E-state index is 0.00456. The molecule has 0 aliphatic carbocycles. The molecule has 4 aromatic rings. The summed E-state index contributed by atoms with van der Waals surface area (Å²) in [5.74, 6) is -1.08. The first-order valence-corrected chi connectivity index (χ1v) is 11.4. The molecule has 0 saturated carbocycles. The van der Waals surface area contributed by atoms with Crippen molar-refractivity contribution in [2.24, 2.45) is 0 Å². The lowest BCUT2D eigenvalue weighted by atomic mass is 9.93. The molecule has 0 spiro atoms. The van der Waals surface area contributed by atoms with Crippen molar-refractivity contribution in [1.29, 1.82) is 0 Å². The normalized spacial score (nSPS) is 10.8. The highest BCUT2D eigenvalue weighted by molar-refractivity contribution is 6.19. The number of carbonyl (C=O) groups excluding carboxylic acids is 1. The zero-order chi connectivity index (χ0) is 24.1. The van der Waals surface area contributed by atoms with Crippen LogP contribution < -0.4 is 9.64 Å². The molecule has 34 heavy (non-hydrogen) atoms. The second-order valence-corrected chi connectivity index (χ2v) is 7.97. The number of carboxylic acid groups (broad SMARTS) is 1. The molecule has 172 valence electrons. The number of carbonyl (C=O) groups is 2. The van der Waals surface area contributed by atoms with Gasteiger partial charge in [-0.1, -0.05) is 60.7 Å². The summed E-state index contributed by atoms with van der Waals surface area (Å²) in [6, 6.07) is 25.8. The third-order valence-electron chi connectivity index (χ3n) is 5.96. The molecule has 0 heterocycles. The van der Waals surface area contributed by atoms with Crippen LogP contribution in [0.25, 0.3) is 10.8 Å². The van der Waals surface area contributed by atoms with Crippen molar-refractivity contribution < 1.29 is 19.4 Å². The summed E-state index contributed by atoms with van der Waals surface area (Å²) >= 11 is 0. The van der Waals surface area contributed by atoms with Crippen LogP contribution in [0.15, 0.2) is 84.9 Å². The highest BCUT2D eigenvalue weighted by Crippen LogP contribution is 2.31. The molecule has 0 unspecified atom stereocenters. The Hall–Kier alpha value is -4.12. The fourth-order valence-electron chi connectivity index (χ4n) is 4.18. The first-order valence-electron chi connectivity index (χ1n) is 11.4. The third kappa shape index (κ3) is 4.64. The van der Waals surface area contributed by atoms with E-state index in [1.165, 1.54) is 0 Å². The van der Waals surface area contributed by atoms with Crippen molar-refractivity contribution in [3.63, 3.8) is 0 Å². The van der Waals surface area contributed by atoms with Gasteiger partial charge in [0.05, 0.1) is 11.1 Å². The highest BCUT2D eigenvalue weighted by atomic mass is 16.5. The van der Waals surface area contributed by atoms with Gasteiger partial charge in [-0.05, 0) is 48.4 Å². The lowest BCUT2D eigenvalue weighted by molar-refractivity contribution is 0.0695. The number of nitrogens with zero attached hydrogens (tertiary/aromatic N) is 1. The van der Waals surface area contributed by atoms with Gasteiger partial charge in [-0.2, -0.15) is 0 Å². The summed E-state index contributed by atoms with van der Waals surface area (Å²) in [6.07, 6.45) is 0. The molecule has 0 radical (unpaired) electrons. The van der Waals surface area contributed by atoms with Crippen LogP contribution in [0.2, 0.25) is 0 Å². The summed E-state index contributed by atoms with van der Waals surface area (Å²) in [7, 11) is 0. The first-order chi connectivity index (χ1) is 16.5. The van der Waals surface area contributed by atoms with E-state index in [4.69, 9.17) is 4.74 Å². The van der Waals surface area contributed by atoms with Gasteiger partial charge < -0.3 is 14.7 Å². The summed E-state index contributed by atoms with van der Waals surface area (Å²) in [5.41, 5.74) is 2.41. The van der Waals surface area contributed by atoms with Gasteiger partial charge in [-0.25, -0.2) is 4.79 Å². The fourth-order valence-corrected chi connectivity index (χ4v) is 4.18. The topological polar surface area (TPSA) is 66.8 Å². The second kappa shape index (κ2) is 10.2. The van der Waals surface area contributed by atoms with Crippen LogP contribution in [0.1, 0.15) is 45.7 Å². The Morgan fingerprint density at radius 1 is 0.824 bits per heavy atom. The molecular formula is C29H27NO4. The Kier molecular flexibility index (Phi) is 6.93. The predicted molar refractivity (Wildman–Crippen MR) is 135 cm³/mol. The van der Waals surface area contributed by atoms with Gasteiger partial charge in [-0.3, -0.25) is 4.79 Å². The Morgan fingerprint density at radius 3 is 2.21 bits per heavy atom. The minimum atomic E-state index is -1.13. The van der Waals surface area contributed by atoms with Gasteiger partial charge in [0.1, 0.15) is 12.4 Å². The maximum absolute atomic E-state index is 13.7. The number of carboxylic acids is 1. The van der Waals surface area contributed by atoms with Gasteiger partial charge in [0.2, 0.25) is 0 Å². The number of aromatic carboxylic acids is 1. The van der Waals surface area contributed by atoms with Crippen LogP contribution in [0.3, 0.4) is 0 Å². The molecule has 4 aromatic carbocycles. The number of rotatable bonds is 9. The molecular weight excluding hydrogens is 426 g/mol. The Labute approximate surface area is 199 Å². The zero-order valence-electron chi connectivity index (χ0n) is 19.3. The molecule has 0 aromatic heterocycles. The zero-order valence-corrected chi connectivity index (χ0v) is 19.3. The number of fused-ring (bicyclic) bond motifs is 1. The van der Waals surface area contributed by atoms with Gasteiger partial charge in [0, 0.05) is 30.4 Å². The van der Waals surface area contributed by atoms with Crippen LogP contribution in [0.5, 0.6) is 5.75 Å². The van der Waals surface area contributed by atoms with Crippen LogP contribution in [-0.2, 0) is 6.61 Å². The number of ether oxygens (including phenoxy) is 1. The van der Waals surface area contributed by atoms with E-state index in [1.54, 1.807) is 30.3 Å². The number of ketones is 1. The summed E-state index contributed by atoms with van der Waals surface area (Å²) in [6.45, 7) is 6.07. The smallest absolute Gasteiger partial charge is 0.337 e. The van der Waals surface area contributed by atoms with Crippen molar-refractivity contribution >= 4 is 28.2 Å². The number of hydrogen-bond acceptors (Lipinski definition) is 4. The molecule has 5 heteroatoms. The molecule has 4 rings (SSSR count). The number of hydrogen-bond donors (Lipinski definition) is 1. The molecule has 0 aliphatic heterocycles. The lowest BCUT2D eigenvalue weighted by Crippen LogP contribution is -2.22. The van der Waals surface area contributed by atoms with Gasteiger partial charge in [0.25, 0.3) is 0 Å². The quantitative estimate of drug-likeness (QED) is 0.306. The summed E-state index contributed by atoms with van der Waals surface area (Å²) < 4.78 is 6.14. The van der Waals surface area contributed by atoms with Gasteiger partial charge in [-0.15, -0.1) is 0 Å². The van der Waals surface area contributed by atoms with E-state index in [0.717, 1.165) is 29.7 Å². The molecule has 0 atom stereocenters. The van der Waals surface area contributed by atoms with Crippen molar-refractivity contribution in [2.75, 3.05) is 18.0 Å². The van der Waals surface area contributed by atoms with Gasteiger partial charge >= 0.3 is 5.97 Å². The Balaban J connectivity index is 1.80. The van der Waals surface area contributed by atoms with Crippen molar-refractivity contribution in [3.05, 3.63) is 107 Å². The van der Waals surface area contributed by atoms with E-state index >= 15 is 0 Å². The van der Waals surface area contributed by atoms with E-state index in [9.17, 15) is 14.7 Å². The van der Waals surface area contributed by atoms with E-state index in [-0.39, 0.29) is 16.9 Å².